The number of hydrogen-bond acceptors (Lipinski definition) is 8. The SMILES string of the molecule is O.O=C(CS(=O)(=O)c1ccc([NH2+]O)cc1)O[C@@H](Cc1c(Cl)c[nH+]cc1Cl)c1ccc(OC(F)F)c(OCC2CC2)c1.[OH-]. The third-order valence-corrected chi connectivity index (χ3v) is 8.36. The molecule has 1 atom stereocenters. The minimum Gasteiger partial charge on any atom is -0.870 e. The minimum atomic E-state index is -4.10. The molecule has 1 fully saturated rings. The summed E-state index contributed by atoms with van der Waals surface area (Å²) in [5.74, 6) is -1.90. The van der Waals surface area contributed by atoms with Crippen molar-refractivity contribution in [3.05, 3.63) is 76.0 Å². The summed E-state index contributed by atoms with van der Waals surface area (Å²) in [6, 6.07) is 9.36. The van der Waals surface area contributed by atoms with Gasteiger partial charge in [-0.05, 0) is 48.6 Å². The summed E-state index contributed by atoms with van der Waals surface area (Å²) in [4.78, 5) is 15.6. The molecule has 1 heterocycles. The maximum absolute atomic E-state index is 13.0. The van der Waals surface area contributed by atoms with Crippen LogP contribution in [-0.4, -0.2) is 49.5 Å². The first-order valence-corrected chi connectivity index (χ1v) is 14.5. The molecule has 0 amide bonds. The number of nitrogens with one attached hydrogen (secondary N) is 1. The highest BCUT2D eigenvalue weighted by molar-refractivity contribution is 7.92. The van der Waals surface area contributed by atoms with Crippen molar-refractivity contribution in [3.8, 4) is 11.5 Å². The molecule has 230 valence electrons. The first-order valence-electron chi connectivity index (χ1n) is 12.1. The van der Waals surface area contributed by atoms with Crippen LogP contribution in [0, 0.1) is 5.92 Å². The second kappa shape index (κ2) is 15.4. The van der Waals surface area contributed by atoms with Crippen LogP contribution in [0.2, 0.25) is 10.0 Å². The van der Waals surface area contributed by atoms with E-state index in [1.165, 1.54) is 54.9 Å². The Morgan fingerprint density at radius 1 is 1.07 bits per heavy atom. The number of carbonyl (C=O) groups is 1. The third-order valence-electron chi connectivity index (χ3n) is 6.08. The van der Waals surface area contributed by atoms with E-state index in [1.54, 1.807) is 0 Å². The van der Waals surface area contributed by atoms with Gasteiger partial charge in [-0.3, -0.25) is 4.79 Å². The zero-order valence-electron chi connectivity index (χ0n) is 21.8. The molecule has 3 aromatic rings. The number of rotatable bonds is 13. The summed E-state index contributed by atoms with van der Waals surface area (Å²) in [5.41, 5.74) is 1.93. The van der Waals surface area contributed by atoms with Crippen molar-refractivity contribution in [2.24, 2.45) is 5.92 Å². The molecule has 7 N–H and O–H groups in total. The monoisotopic (exact) mass is 653 g/mol. The lowest BCUT2D eigenvalue weighted by molar-refractivity contribution is -0.825. The summed E-state index contributed by atoms with van der Waals surface area (Å²) >= 11 is 12.6. The lowest BCUT2D eigenvalue weighted by atomic mass is 10.0. The Morgan fingerprint density at radius 2 is 1.71 bits per heavy atom. The standard InChI is InChI=1S/C26H24Cl2F2N2O7S.2H2O/c27-20-11-31-12-21(28)19(20)10-23(38-25(33)14-40(35,36)18-6-4-17(32-34)5-7-18)16-3-8-22(39-26(29)30)24(9-16)37-13-15-1-2-15;;/h3-9,11-12,15,23,26,32,34H,1-2,10,13-14H2;2*1H2/p+1/t23-;;/m0../s1. The predicted octanol–water partition coefficient (Wildman–Crippen LogP) is 3.08. The molecule has 1 aliphatic rings. The van der Waals surface area contributed by atoms with E-state index in [-0.39, 0.29) is 43.8 Å². The number of alkyl halides is 2. The van der Waals surface area contributed by atoms with Gasteiger partial charge in [0.25, 0.3) is 0 Å². The smallest absolute Gasteiger partial charge is 0.387 e. The van der Waals surface area contributed by atoms with E-state index in [2.05, 4.69) is 9.72 Å². The first kappa shape index (κ1) is 35.1. The number of pyridine rings is 1. The number of ether oxygens (including phenoxy) is 3. The predicted molar refractivity (Wildman–Crippen MR) is 144 cm³/mol. The van der Waals surface area contributed by atoms with Gasteiger partial charge in [-0.25, -0.2) is 18.6 Å². The Balaban J connectivity index is 0.00000308. The second-order valence-corrected chi connectivity index (χ2v) is 11.9. The van der Waals surface area contributed by atoms with Gasteiger partial charge in [-0.1, -0.05) is 29.3 Å². The summed E-state index contributed by atoms with van der Waals surface area (Å²) in [6.45, 7) is -2.79. The quantitative estimate of drug-likeness (QED) is 0.160. The van der Waals surface area contributed by atoms with E-state index in [1.807, 2.05) is 0 Å². The molecule has 0 unspecified atom stereocenters. The Hall–Kier alpha value is -3.11. The van der Waals surface area contributed by atoms with Crippen molar-refractivity contribution in [3.63, 3.8) is 0 Å². The van der Waals surface area contributed by atoms with Gasteiger partial charge in [0.15, 0.2) is 45.2 Å². The summed E-state index contributed by atoms with van der Waals surface area (Å²) in [5, 5.41) is 9.55. The number of nitrogens with two attached hydrogens (primary N) is 1. The normalized spacial score (nSPS) is 13.5. The van der Waals surface area contributed by atoms with Gasteiger partial charge < -0.3 is 25.2 Å². The zero-order valence-corrected chi connectivity index (χ0v) is 24.1. The van der Waals surface area contributed by atoms with E-state index in [9.17, 15) is 22.0 Å². The van der Waals surface area contributed by atoms with Gasteiger partial charge in [-0.15, -0.1) is 0 Å². The average Bonchev–Trinajstić information content (AvgIpc) is 3.74. The molecule has 0 aliphatic heterocycles. The maximum atomic E-state index is 13.0. The average molecular weight is 654 g/mol. The fraction of sp³-hybridized carbons (Fsp3) is 0.308. The molecular formula is C26H29Cl2F2N2O9S+. The molecule has 0 saturated heterocycles. The van der Waals surface area contributed by atoms with E-state index < -0.39 is 34.3 Å². The molecular weight excluding hydrogens is 625 g/mol. The zero-order chi connectivity index (χ0) is 28.9. The fourth-order valence-electron chi connectivity index (χ4n) is 3.80. The van der Waals surface area contributed by atoms with Gasteiger partial charge in [0.1, 0.15) is 16.1 Å². The molecule has 42 heavy (non-hydrogen) atoms. The molecule has 1 aromatic heterocycles. The molecule has 16 heteroatoms. The van der Waals surface area contributed by atoms with Crippen molar-refractivity contribution in [2.75, 3.05) is 12.4 Å². The Bertz CT molecular complexity index is 1440. The Kier molecular flexibility index (Phi) is 12.9. The van der Waals surface area contributed by atoms with Gasteiger partial charge in [0.2, 0.25) is 0 Å². The van der Waals surface area contributed by atoms with Gasteiger partial charge in [0, 0.05) is 24.1 Å². The number of esters is 1. The van der Waals surface area contributed by atoms with Crippen LogP contribution in [0.5, 0.6) is 11.5 Å². The number of benzene rings is 2. The molecule has 0 bridgehead atoms. The number of sulfone groups is 1. The van der Waals surface area contributed by atoms with E-state index >= 15 is 0 Å². The largest absolute Gasteiger partial charge is 0.870 e. The van der Waals surface area contributed by atoms with Crippen LogP contribution in [0.1, 0.15) is 30.1 Å². The summed E-state index contributed by atoms with van der Waals surface area (Å²) in [6.07, 6.45) is 3.70. The number of hydrogen-bond donors (Lipinski definition) is 2. The molecule has 0 radical (unpaired) electrons. The van der Waals surface area contributed by atoms with Crippen LogP contribution in [-0.2, 0) is 25.8 Å². The van der Waals surface area contributed by atoms with Crippen molar-refractivity contribution in [1.29, 1.82) is 0 Å². The van der Waals surface area contributed by atoms with Crippen molar-refractivity contribution < 1.29 is 62.8 Å². The lowest BCUT2D eigenvalue weighted by Crippen LogP contribution is -2.73. The Morgan fingerprint density at radius 3 is 2.29 bits per heavy atom. The van der Waals surface area contributed by atoms with Gasteiger partial charge in [0.05, 0.1) is 11.5 Å². The maximum Gasteiger partial charge on any atom is 0.387 e. The number of H-pyrrole nitrogens is 1. The first-order chi connectivity index (χ1) is 19.1. The molecule has 4 rings (SSSR count). The highest BCUT2D eigenvalue weighted by Crippen LogP contribution is 2.37. The third kappa shape index (κ3) is 9.46. The van der Waals surface area contributed by atoms with E-state index in [4.69, 9.17) is 37.9 Å². The number of halogens is 4. The Labute approximate surface area is 249 Å². The van der Waals surface area contributed by atoms with Crippen LogP contribution < -0.4 is 19.9 Å². The van der Waals surface area contributed by atoms with Crippen molar-refractivity contribution in [1.82, 2.24) is 0 Å². The molecule has 11 nitrogen and oxygen atoms in total. The molecule has 0 spiro atoms. The fourth-order valence-corrected chi connectivity index (χ4v) is 5.43. The summed E-state index contributed by atoms with van der Waals surface area (Å²) < 4.78 is 67.7. The molecule has 1 aliphatic carbocycles. The highest BCUT2D eigenvalue weighted by atomic mass is 35.5. The highest BCUT2D eigenvalue weighted by Gasteiger charge is 2.28. The van der Waals surface area contributed by atoms with Crippen LogP contribution in [0.25, 0.3) is 0 Å². The second-order valence-electron chi connectivity index (χ2n) is 9.11. The number of aromatic amines is 1. The minimum absolute atomic E-state index is 0. The van der Waals surface area contributed by atoms with E-state index in [0.29, 0.717) is 29.3 Å². The number of carbonyl (C=O) groups excluding carboxylic acids is 1. The topological polar surface area (TPSA) is 191 Å². The number of aromatic nitrogens is 1. The van der Waals surface area contributed by atoms with Crippen LogP contribution in [0.4, 0.5) is 14.5 Å². The van der Waals surface area contributed by atoms with Crippen molar-refractivity contribution >= 4 is 44.7 Å². The van der Waals surface area contributed by atoms with Gasteiger partial charge >= 0.3 is 12.6 Å². The van der Waals surface area contributed by atoms with Gasteiger partial charge in [-0.2, -0.15) is 14.3 Å². The van der Waals surface area contributed by atoms with Crippen LogP contribution >= 0.6 is 23.2 Å². The van der Waals surface area contributed by atoms with Crippen LogP contribution in [0.3, 0.4) is 0 Å². The molecule has 1 saturated carbocycles. The summed E-state index contributed by atoms with van der Waals surface area (Å²) in [7, 11) is -4.10. The molecule has 2 aromatic carbocycles. The lowest BCUT2D eigenvalue weighted by Gasteiger charge is -2.21. The van der Waals surface area contributed by atoms with Crippen LogP contribution in [0.15, 0.2) is 59.8 Å². The van der Waals surface area contributed by atoms with E-state index in [0.717, 1.165) is 18.3 Å². The number of quaternary nitrogens is 1. The van der Waals surface area contributed by atoms with Crippen molar-refractivity contribution in [2.45, 2.75) is 36.9 Å².